The van der Waals surface area contributed by atoms with Crippen molar-refractivity contribution in [1.82, 2.24) is 15.5 Å². The van der Waals surface area contributed by atoms with Gasteiger partial charge in [-0.2, -0.15) is 5.10 Å². The lowest BCUT2D eigenvalue weighted by Crippen LogP contribution is -2.23. The van der Waals surface area contributed by atoms with Crippen LogP contribution in [0.1, 0.15) is 6.42 Å². The van der Waals surface area contributed by atoms with Crippen LogP contribution in [0.5, 0.6) is 0 Å². The number of nitrogens with one attached hydrogen (secondary N) is 2. The molecule has 1 saturated heterocycles. The maximum atomic E-state index is 11.1. The summed E-state index contributed by atoms with van der Waals surface area (Å²) in [4.78, 5) is 11.1. The van der Waals surface area contributed by atoms with Gasteiger partial charge in [-0.15, -0.1) is 5.10 Å². The highest BCUT2D eigenvalue weighted by molar-refractivity contribution is 5.91. The normalized spacial score (nSPS) is 19.3. The van der Waals surface area contributed by atoms with E-state index in [0.29, 0.717) is 13.0 Å². The van der Waals surface area contributed by atoms with E-state index >= 15 is 0 Å². The van der Waals surface area contributed by atoms with Crippen LogP contribution in [0.4, 0.5) is 5.82 Å². The highest BCUT2D eigenvalue weighted by atomic mass is 16.1. The monoisotopic (exact) mass is 228 g/mol. The van der Waals surface area contributed by atoms with Gasteiger partial charge >= 0.3 is 0 Å². The van der Waals surface area contributed by atoms with Crippen LogP contribution in [0.3, 0.4) is 0 Å². The second-order valence-corrected chi connectivity index (χ2v) is 4.13. The molecule has 1 fully saturated rings. The number of amides is 1. The van der Waals surface area contributed by atoms with Crippen molar-refractivity contribution in [3.63, 3.8) is 0 Å². The molecule has 2 heterocycles. The fraction of sp³-hybridized carbons (Fsp3) is 0.250. The van der Waals surface area contributed by atoms with Gasteiger partial charge in [-0.1, -0.05) is 24.3 Å². The number of nitrogens with zero attached hydrogens (tertiary/aromatic N) is 2. The molecule has 1 amide bonds. The summed E-state index contributed by atoms with van der Waals surface area (Å²) >= 11 is 0. The van der Waals surface area contributed by atoms with E-state index in [9.17, 15) is 4.79 Å². The number of carbonyl (C=O) groups excluding carboxylic acids is 1. The largest absolute Gasteiger partial charge is 0.363 e. The second kappa shape index (κ2) is 4.01. The molecule has 5 heteroatoms. The molecule has 3 rings (SSSR count). The van der Waals surface area contributed by atoms with Crippen LogP contribution >= 0.6 is 0 Å². The number of aromatic nitrogens is 2. The number of benzene rings is 1. The first-order valence-electron chi connectivity index (χ1n) is 5.56. The fourth-order valence-corrected chi connectivity index (χ4v) is 2.04. The molecule has 2 N–H and O–H groups in total. The first-order valence-corrected chi connectivity index (χ1v) is 5.56. The molecule has 0 aliphatic carbocycles. The van der Waals surface area contributed by atoms with Gasteiger partial charge in [-0.05, 0) is 0 Å². The van der Waals surface area contributed by atoms with Gasteiger partial charge in [0.2, 0.25) is 5.91 Å². The Labute approximate surface area is 98.2 Å². The molecular formula is C12H12N4O. The number of hydrogen-bond acceptors (Lipinski definition) is 4. The first-order chi connectivity index (χ1) is 8.33. The topological polar surface area (TPSA) is 66.9 Å². The molecule has 5 nitrogen and oxygen atoms in total. The molecule has 0 radical (unpaired) electrons. The van der Waals surface area contributed by atoms with Gasteiger partial charge in [0.1, 0.15) is 0 Å². The molecule has 17 heavy (non-hydrogen) atoms. The molecule has 86 valence electrons. The summed E-state index contributed by atoms with van der Waals surface area (Å²) < 4.78 is 0. The van der Waals surface area contributed by atoms with E-state index in [0.717, 1.165) is 16.6 Å². The van der Waals surface area contributed by atoms with E-state index in [-0.39, 0.29) is 11.9 Å². The third-order valence-electron chi connectivity index (χ3n) is 2.89. The molecule has 1 aliphatic rings. The average molecular weight is 228 g/mol. The average Bonchev–Trinajstić information content (AvgIpc) is 2.75. The Bertz CT molecular complexity index is 564. The van der Waals surface area contributed by atoms with Gasteiger partial charge in [0, 0.05) is 23.7 Å². The van der Waals surface area contributed by atoms with Crippen LogP contribution in [0.25, 0.3) is 10.8 Å². The third kappa shape index (κ3) is 1.91. The van der Waals surface area contributed by atoms with E-state index in [4.69, 9.17) is 0 Å². The highest BCUT2D eigenvalue weighted by Crippen LogP contribution is 2.20. The minimum absolute atomic E-state index is 0.0793. The maximum absolute atomic E-state index is 11.1. The molecule has 0 spiro atoms. The molecule has 1 atom stereocenters. The van der Waals surface area contributed by atoms with Crippen LogP contribution in [-0.4, -0.2) is 28.7 Å². The lowest BCUT2D eigenvalue weighted by molar-refractivity contribution is -0.119. The zero-order valence-corrected chi connectivity index (χ0v) is 9.18. The van der Waals surface area contributed by atoms with Gasteiger partial charge in [-0.3, -0.25) is 4.79 Å². The summed E-state index contributed by atoms with van der Waals surface area (Å²) in [5.41, 5.74) is 0. The second-order valence-electron chi connectivity index (χ2n) is 4.13. The lowest BCUT2D eigenvalue weighted by atomic mass is 10.2. The van der Waals surface area contributed by atoms with Crippen molar-refractivity contribution in [3.8, 4) is 0 Å². The summed E-state index contributed by atoms with van der Waals surface area (Å²) in [5.74, 6) is 0.820. The number of rotatable bonds is 2. The number of carbonyl (C=O) groups is 1. The van der Waals surface area contributed by atoms with Crippen molar-refractivity contribution in [2.24, 2.45) is 0 Å². The lowest BCUT2D eigenvalue weighted by Gasteiger charge is -2.12. The molecule has 1 aromatic carbocycles. The predicted molar refractivity (Wildman–Crippen MR) is 64.6 cm³/mol. The Balaban J connectivity index is 1.92. The van der Waals surface area contributed by atoms with Crippen molar-refractivity contribution in [3.05, 3.63) is 30.5 Å². The standard InChI is InChI=1S/C12H12N4O/c17-11-5-9(7-13-11)15-12-10-4-2-1-3-8(10)6-14-16-12/h1-4,6,9H,5,7H2,(H,13,17)(H,15,16). The Morgan fingerprint density at radius 3 is 3.06 bits per heavy atom. The van der Waals surface area contributed by atoms with Crippen LogP contribution in [-0.2, 0) is 4.79 Å². The van der Waals surface area contributed by atoms with E-state index < -0.39 is 0 Å². The molecule has 0 bridgehead atoms. The molecule has 1 aliphatic heterocycles. The highest BCUT2D eigenvalue weighted by Gasteiger charge is 2.21. The van der Waals surface area contributed by atoms with E-state index in [1.54, 1.807) is 6.20 Å². The van der Waals surface area contributed by atoms with E-state index in [1.807, 2.05) is 24.3 Å². The van der Waals surface area contributed by atoms with Crippen molar-refractivity contribution in [2.75, 3.05) is 11.9 Å². The molecule has 2 aromatic rings. The summed E-state index contributed by atoms with van der Waals surface area (Å²) in [6.45, 7) is 0.643. The third-order valence-corrected chi connectivity index (χ3v) is 2.89. The van der Waals surface area contributed by atoms with Crippen molar-refractivity contribution in [2.45, 2.75) is 12.5 Å². The van der Waals surface area contributed by atoms with Gasteiger partial charge in [0.05, 0.1) is 12.2 Å². The molecular weight excluding hydrogens is 216 g/mol. The quantitative estimate of drug-likeness (QED) is 0.802. The number of fused-ring (bicyclic) bond motifs is 1. The minimum Gasteiger partial charge on any atom is -0.363 e. The summed E-state index contributed by atoms with van der Waals surface area (Å²) in [5, 5.41) is 16.2. The van der Waals surface area contributed by atoms with Gasteiger partial charge < -0.3 is 10.6 Å². The first kappa shape index (κ1) is 10.0. The van der Waals surface area contributed by atoms with Crippen molar-refractivity contribution < 1.29 is 4.79 Å². The Kier molecular flexibility index (Phi) is 2.36. The number of anilines is 1. The predicted octanol–water partition coefficient (Wildman–Crippen LogP) is 0.930. The number of hydrogen-bond donors (Lipinski definition) is 2. The Hall–Kier alpha value is -2.17. The zero-order valence-electron chi connectivity index (χ0n) is 9.18. The van der Waals surface area contributed by atoms with E-state index in [1.165, 1.54) is 0 Å². The van der Waals surface area contributed by atoms with Gasteiger partial charge in [0.25, 0.3) is 0 Å². The van der Waals surface area contributed by atoms with Crippen LogP contribution in [0, 0.1) is 0 Å². The van der Waals surface area contributed by atoms with Gasteiger partial charge in [0.15, 0.2) is 5.82 Å². The van der Waals surface area contributed by atoms with Crippen LogP contribution in [0.15, 0.2) is 30.5 Å². The summed E-state index contributed by atoms with van der Waals surface area (Å²) in [6.07, 6.45) is 2.23. The summed E-state index contributed by atoms with van der Waals surface area (Å²) in [7, 11) is 0. The minimum atomic E-state index is 0.0793. The SMILES string of the molecule is O=C1CC(Nc2nncc3ccccc23)CN1. The summed E-state index contributed by atoms with van der Waals surface area (Å²) in [6, 6.07) is 8.02. The smallest absolute Gasteiger partial charge is 0.222 e. The van der Waals surface area contributed by atoms with E-state index in [2.05, 4.69) is 20.8 Å². The molecule has 1 aromatic heterocycles. The van der Waals surface area contributed by atoms with Crippen LogP contribution < -0.4 is 10.6 Å². The Morgan fingerprint density at radius 2 is 2.24 bits per heavy atom. The molecule has 0 saturated carbocycles. The Morgan fingerprint density at radius 1 is 1.35 bits per heavy atom. The van der Waals surface area contributed by atoms with Crippen LogP contribution in [0.2, 0.25) is 0 Å². The van der Waals surface area contributed by atoms with Gasteiger partial charge in [-0.25, -0.2) is 0 Å². The van der Waals surface area contributed by atoms with Crippen molar-refractivity contribution in [1.29, 1.82) is 0 Å². The zero-order chi connectivity index (χ0) is 11.7. The molecule has 1 unspecified atom stereocenters. The maximum Gasteiger partial charge on any atom is 0.222 e. The fourth-order valence-electron chi connectivity index (χ4n) is 2.04. The van der Waals surface area contributed by atoms with Crippen molar-refractivity contribution >= 4 is 22.5 Å².